The molecular weight excluding hydrogens is 236 g/mol. The molecule has 2 atom stereocenters. The van der Waals surface area contributed by atoms with Crippen LogP contribution in [-0.4, -0.2) is 26.3 Å². The Morgan fingerprint density at radius 1 is 1.06 bits per heavy atom. The summed E-state index contributed by atoms with van der Waals surface area (Å²) < 4.78 is 27.2. The van der Waals surface area contributed by atoms with Gasteiger partial charge in [-0.05, 0) is 44.6 Å². The molecule has 2 aliphatic carbocycles. The second-order valence-electron chi connectivity index (χ2n) is 5.53. The predicted molar refractivity (Wildman–Crippen MR) is 69.1 cm³/mol. The molecule has 4 nitrogen and oxygen atoms in total. The lowest BCUT2D eigenvalue weighted by Crippen LogP contribution is -2.43. The number of sulfonamides is 1. The van der Waals surface area contributed by atoms with Crippen LogP contribution in [0.4, 0.5) is 0 Å². The Kier molecular flexibility index (Phi) is 4.44. The van der Waals surface area contributed by atoms with Crippen LogP contribution in [0, 0.1) is 5.92 Å². The van der Waals surface area contributed by atoms with Crippen LogP contribution in [0.3, 0.4) is 0 Å². The summed E-state index contributed by atoms with van der Waals surface area (Å²) in [6.07, 6.45) is 7.93. The highest BCUT2D eigenvalue weighted by atomic mass is 32.2. The summed E-state index contributed by atoms with van der Waals surface area (Å²) in [7, 11) is -3.08. The molecule has 2 unspecified atom stereocenters. The first-order valence-corrected chi connectivity index (χ1v) is 8.37. The van der Waals surface area contributed by atoms with E-state index in [0.29, 0.717) is 12.5 Å². The topological polar surface area (TPSA) is 72.2 Å². The largest absolute Gasteiger partial charge is 0.330 e. The molecule has 0 aromatic carbocycles. The Labute approximate surface area is 104 Å². The Hall–Kier alpha value is -0.130. The van der Waals surface area contributed by atoms with Crippen molar-refractivity contribution in [3.8, 4) is 0 Å². The Balaban J connectivity index is 1.90. The van der Waals surface area contributed by atoms with Crippen LogP contribution in [0.5, 0.6) is 0 Å². The summed E-state index contributed by atoms with van der Waals surface area (Å²) >= 11 is 0. The molecule has 0 heterocycles. The highest BCUT2D eigenvalue weighted by Gasteiger charge is 2.32. The van der Waals surface area contributed by atoms with Gasteiger partial charge >= 0.3 is 0 Å². The number of nitrogens with two attached hydrogens (primary N) is 1. The molecule has 5 heteroatoms. The minimum atomic E-state index is -3.08. The lowest BCUT2D eigenvalue weighted by molar-refractivity contribution is 0.313. The van der Waals surface area contributed by atoms with Crippen molar-refractivity contribution in [1.82, 2.24) is 4.72 Å². The molecule has 0 spiro atoms. The normalized spacial score (nSPS) is 31.8. The zero-order valence-corrected chi connectivity index (χ0v) is 11.2. The first-order chi connectivity index (χ1) is 8.12. The van der Waals surface area contributed by atoms with Gasteiger partial charge in [0.1, 0.15) is 0 Å². The summed E-state index contributed by atoms with van der Waals surface area (Å²) in [5, 5.41) is -0.138. The molecule has 0 aromatic heterocycles. The SMILES string of the molecule is NCC1CCCC(NS(=O)(=O)C2CCCC2)C1. The third-order valence-corrected chi connectivity index (χ3v) is 6.20. The summed E-state index contributed by atoms with van der Waals surface area (Å²) in [5.41, 5.74) is 5.67. The molecule has 0 saturated heterocycles. The van der Waals surface area contributed by atoms with E-state index in [1.54, 1.807) is 0 Å². The molecule has 2 fully saturated rings. The second-order valence-corrected chi connectivity index (χ2v) is 7.53. The van der Waals surface area contributed by atoms with Gasteiger partial charge in [0, 0.05) is 6.04 Å². The molecule has 0 aromatic rings. The minimum Gasteiger partial charge on any atom is -0.330 e. The zero-order chi connectivity index (χ0) is 12.3. The molecule has 0 bridgehead atoms. The summed E-state index contributed by atoms with van der Waals surface area (Å²) in [6.45, 7) is 0.682. The molecule has 100 valence electrons. The van der Waals surface area contributed by atoms with Crippen LogP contribution in [0.15, 0.2) is 0 Å². The fourth-order valence-electron chi connectivity index (χ4n) is 3.14. The van der Waals surface area contributed by atoms with E-state index in [1.165, 1.54) is 0 Å². The van der Waals surface area contributed by atoms with E-state index in [2.05, 4.69) is 4.72 Å². The first kappa shape index (κ1) is 13.3. The maximum atomic E-state index is 12.2. The lowest BCUT2D eigenvalue weighted by Gasteiger charge is -2.29. The van der Waals surface area contributed by atoms with Crippen molar-refractivity contribution in [2.45, 2.75) is 62.7 Å². The zero-order valence-electron chi connectivity index (χ0n) is 10.4. The van der Waals surface area contributed by atoms with Crippen molar-refractivity contribution >= 4 is 10.0 Å². The summed E-state index contributed by atoms with van der Waals surface area (Å²) in [5.74, 6) is 0.500. The van der Waals surface area contributed by atoms with Crippen LogP contribution < -0.4 is 10.5 Å². The second kappa shape index (κ2) is 5.67. The Bertz CT molecular complexity index is 336. The van der Waals surface area contributed by atoms with E-state index >= 15 is 0 Å². The Morgan fingerprint density at radius 3 is 2.41 bits per heavy atom. The number of hydrogen-bond acceptors (Lipinski definition) is 3. The van der Waals surface area contributed by atoms with Gasteiger partial charge in [0.2, 0.25) is 10.0 Å². The van der Waals surface area contributed by atoms with E-state index in [9.17, 15) is 8.42 Å². The van der Waals surface area contributed by atoms with Gasteiger partial charge in [-0.1, -0.05) is 19.3 Å². The van der Waals surface area contributed by atoms with E-state index < -0.39 is 10.0 Å². The average molecular weight is 260 g/mol. The van der Waals surface area contributed by atoms with Crippen LogP contribution in [0.2, 0.25) is 0 Å². The molecule has 0 aliphatic heterocycles. The smallest absolute Gasteiger partial charge is 0.214 e. The summed E-state index contributed by atoms with van der Waals surface area (Å²) in [4.78, 5) is 0. The first-order valence-electron chi connectivity index (χ1n) is 6.83. The number of hydrogen-bond donors (Lipinski definition) is 2. The number of rotatable bonds is 4. The van der Waals surface area contributed by atoms with Crippen LogP contribution in [0.25, 0.3) is 0 Å². The standard InChI is InChI=1S/C12H24N2O2S/c13-9-10-4-3-5-11(8-10)14-17(15,16)12-6-1-2-7-12/h10-12,14H,1-9,13H2. The average Bonchev–Trinajstić information content (AvgIpc) is 2.83. The van der Waals surface area contributed by atoms with Crippen molar-refractivity contribution in [3.05, 3.63) is 0 Å². The molecule has 2 rings (SSSR count). The molecular formula is C12H24N2O2S. The van der Waals surface area contributed by atoms with Crippen molar-refractivity contribution in [1.29, 1.82) is 0 Å². The predicted octanol–water partition coefficient (Wildman–Crippen LogP) is 1.37. The van der Waals surface area contributed by atoms with Crippen molar-refractivity contribution < 1.29 is 8.42 Å². The van der Waals surface area contributed by atoms with Crippen LogP contribution >= 0.6 is 0 Å². The van der Waals surface area contributed by atoms with Gasteiger partial charge in [-0.15, -0.1) is 0 Å². The molecule has 3 N–H and O–H groups in total. The van der Waals surface area contributed by atoms with Crippen LogP contribution in [0.1, 0.15) is 51.4 Å². The van der Waals surface area contributed by atoms with Gasteiger partial charge in [-0.2, -0.15) is 0 Å². The van der Waals surface area contributed by atoms with E-state index in [4.69, 9.17) is 5.73 Å². The van der Waals surface area contributed by atoms with Gasteiger partial charge in [0.15, 0.2) is 0 Å². The quantitative estimate of drug-likeness (QED) is 0.802. The van der Waals surface area contributed by atoms with E-state index in [0.717, 1.165) is 51.4 Å². The van der Waals surface area contributed by atoms with Crippen molar-refractivity contribution in [2.75, 3.05) is 6.54 Å². The molecule has 2 saturated carbocycles. The molecule has 2 aliphatic rings. The van der Waals surface area contributed by atoms with Gasteiger partial charge in [-0.25, -0.2) is 13.1 Å². The maximum Gasteiger partial charge on any atom is 0.214 e. The molecule has 0 radical (unpaired) electrons. The van der Waals surface area contributed by atoms with Gasteiger partial charge in [-0.3, -0.25) is 0 Å². The molecule has 17 heavy (non-hydrogen) atoms. The molecule has 0 amide bonds. The third kappa shape index (κ3) is 3.42. The van der Waals surface area contributed by atoms with E-state index in [-0.39, 0.29) is 11.3 Å². The van der Waals surface area contributed by atoms with Gasteiger partial charge in [0.05, 0.1) is 5.25 Å². The fraction of sp³-hybridized carbons (Fsp3) is 1.00. The highest BCUT2D eigenvalue weighted by Crippen LogP contribution is 2.27. The van der Waals surface area contributed by atoms with Crippen molar-refractivity contribution in [3.63, 3.8) is 0 Å². The van der Waals surface area contributed by atoms with Gasteiger partial charge < -0.3 is 5.73 Å². The third-order valence-electron chi connectivity index (χ3n) is 4.19. The summed E-state index contributed by atoms with van der Waals surface area (Å²) in [6, 6.07) is 0.128. The van der Waals surface area contributed by atoms with Crippen LogP contribution in [-0.2, 0) is 10.0 Å². The highest BCUT2D eigenvalue weighted by molar-refractivity contribution is 7.90. The monoisotopic (exact) mass is 260 g/mol. The Morgan fingerprint density at radius 2 is 1.76 bits per heavy atom. The fourth-order valence-corrected chi connectivity index (χ4v) is 4.96. The number of nitrogens with one attached hydrogen (secondary N) is 1. The minimum absolute atomic E-state index is 0.128. The van der Waals surface area contributed by atoms with E-state index in [1.807, 2.05) is 0 Å². The lowest BCUT2D eigenvalue weighted by atomic mass is 9.86. The van der Waals surface area contributed by atoms with Gasteiger partial charge in [0.25, 0.3) is 0 Å². The maximum absolute atomic E-state index is 12.2. The van der Waals surface area contributed by atoms with Crippen molar-refractivity contribution in [2.24, 2.45) is 11.7 Å².